The fourth-order valence-corrected chi connectivity index (χ4v) is 9.56. The van der Waals surface area contributed by atoms with Crippen molar-refractivity contribution < 1.29 is 43.5 Å². The third-order valence-corrected chi connectivity index (χ3v) is 14.3. The molecule has 15 N–H and O–H groups in total. The number of fused-ring (bicyclic) bond motifs is 1. The van der Waals surface area contributed by atoms with Crippen LogP contribution in [0.5, 0.6) is 5.75 Å². The Balaban J connectivity index is 1.32. The van der Waals surface area contributed by atoms with Gasteiger partial charge >= 0.3 is 0 Å². The van der Waals surface area contributed by atoms with Crippen molar-refractivity contribution in [3.05, 3.63) is 82.9 Å². The van der Waals surface area contributed by atoms with E-state index in [1.165, 1.54) is 45.0 Å². The number of carbonyl (C=O) groups excluding carboxylic acids is 8. The van der Waals surface area contributed by atoms with E-state index in [1.807, 2.05) is 38.7 Å². The summed E-state index contributed by atoms with van der Waals surface area (Å²) in [6.07, 6.45) is 6.59. The van der Waals surface area contributed by atoms with Crippen LogP contribution < -0.4 is 64.9 Å². The molecule has 0 spiro atoms. The molecule has 1 fully saturated rings. The predicted octanol–water partition coefficient (Wildman–Crippen LogP) is -1.09. The first-order valence-electron chi connectivity index (χ1n) is 28.1. The minimum Gasteiger partial charge on any atom is -0.508 e. The Morgan fingerprint density at radius 2 is 1.40 bits per heavy atom. The number of nitrogens with zero attached hydrogens (tertiary/aromatic N) is 6. The summed E-state index contributed by atoms with van der Waals surface area (Å²) in [5.41, 5.74) is 18.4. The molecule has 452 valence electrons. The summed E-state index contributed by atoms with van der Waals surface area (Å²) in [5.74, 6) is -4.85. The number of anilines is 1. The summed E-state index contributed by atoms with van der Waals surface area (Å²) >= 11 is 0. The smallest absolute Gasteiger partial charge is 0.261 e. The first kappa shape index (κ1) is 65.2. The number of phenolic OH excluding ortho intramolecular Hbond substituents is 1. The van der Waals surface area contributed by atoms with Crippen molar-refractivity contribution >= 4 is 69.8 Å². The number of nitrogens with two attached hydrogens (primary N) is 3. The van der Waals surface area contributed by atoms with Crippen LogP contribution in [0.4, 0.5) is 5.69 Å². The summed E-state index contributed by atoms with van der Waals surface area (Å²) in [4.78, 5) is 142. The topological polar surface area (TPSA) is 401 Å². The second-order valence-electron chi connectivity index (χ2n) is 21.2. The third-order valence-electron chi connectivity index (χ3n) is 14.3. The van der Waals surface area contributed by atoms with Crippen molar-refractivity contribution in [1.82, 2.24) is 61.6 Å². The fraction of sp³-hybridized carbons (Fsp3) is 0.536. The molecule has 0 saturated carbocycles. The molecule has 4 aromatic rings. The van der Waals surface area contributed by atoms with Gasteiger partial charge in [-0.2, -0.15) is 0 Å². The number of hydrogen-bond acceptors (Lipinski definition) is 15. The molecular formula is C56H83N17O10. The molecule has 3 heterocycles. The number of nitrogens with one attached hydrogen (secondary N) is 8. The number of aromatic hydroxyl groups is 1. The average molecular weight is 1150 g/mol. The highest BCUT2D eigenvalue weighted by atomic mass is 16.3. The van der Waals surface area contributed by atoms with Crippen LogP contribution in [0.2, 0.25) is 0 Å². The van der Waals surface area contributed by atoms with E-state index in [0.717, 1.165) is 4.57 Å². The molecular weight excluding hydrogens is 1070 g/mol. The normalized spacial score (nSPS) is 14.9. The van der Waals surface area contributed by atoms with Crippen LogP contribution in [0.25, 0.3) is 10.9 Å². The molecule has 1 aliphatic rings. The van der Waals surface area contributed by atoms with Crippen LogP contribution >= 0.6 is 0 Å². The monoisotopic (exact) mass is 1150 g/mol. The number of rotatable bonds is 31. The van der Waals surface area contributed by atoms with Gasteiger partial charge in [-0.15, -0.1) is 0 Å². The SMILES string of the molecule is CC[C@H](C)[C@H](NC(C)=O)C(=O)N[C@@H](CCCCN)C(=O)N1CCN(c2ccc3ncn(CC(=O)N[C@@H](CCCN=C(N)N)C(=O)N[C@@H](Cc4cnc[nH]4)C(=O)NC(Cc4ccc(O)cc4)C(=O)N[C@@H](CC(C)C)C(=O)NC)c(=O)c3c2)CC1. The Morgan fingerprint density at radius 3 is 2.00 bits per heavy atom. The van der Waals surface area contributed by atoms with E-state index in [0.29, 0.717) is 87.3 Å². The van der Waals surface area contributed by atoms with E-state index in [9.17, 15) is 48.3 Å². The van der Waals surface area contributed by atoms with Gasteiger partial charge in [0.1, 0.15) is 48.5 Å². The molecule has 27 heteroatoms. The second-order valence-corrected chi connectivity index (χ2v) is 21.2. The number of aromatic nitrogens is 4. The lowest BCUT2D eigenvalue weighted by Gasteiger charge is -2.38. The largest absolute Gasteiger partial charge is 0.508 e. The van der Waals surface area contributed by atoms with E-state index in [1.54, 1.807) is 29.2 Å². The number of amides is 8. The summed E-state index contributed by atoms with van der Waals surface area (Å²) in [5, 5.41) is 29.3. The Morgan fingerprint density at radius 1 is 0.759 bits per heavy atom. The molecule has 1 unspecified atom stereocenters. The first-order chi connectivity index (χ1) is 39.6. The van der Waals surface area contributed by atoms with Crippen LogP contribution in [-0.4, -0.2) is 165 Å². The molecule has 2 aromatic heterocycles. The number of hydrogen-bond donors (Lipinski definition) is 12. The number of phenols is 1. The molecule has 1 saturated heterocycles. The Hall–Kier alpha value is -8.62. The highest BCUT2D eigenvalue weighted by Crippen LogP contribution is 2.22. The molecule has 2 aromatic carbocycles. The van der Waals surface area contributed by atoms with E-state index in [2.05, 4.69) is 57.2 Å². The van der Waals surface area contributed by atoms with E-state index < -0.39 is 83.8 Å². The lowest BCUT2D eigenvalue weighted by molar-refractivity contribution is -0.138. The summed E-state index contributed by atoms with van der Waals surface area (Å²) in [6.45, 7) is 10.3. The minimum atomic E-state index is -1.37. The third kappa shape index (κ3) is 20.1. The van der Waals surface area contributed by atoms with Gasteiger partial charge in [-0.1, -0.05) is 46.2 Å². The van der Waals surface area contributed by atoms with Crippen molar-refractivity contribution in [2.24, 2.45) is 34.0 Å². The fourth-order valence-electron chi connectivity index (χ4n) is 9.56. The van der Waals surface area contributed by atoms with Gasteiger partial charge in [0.15, 0.2) is 5.96 Å². The van der Waals surface area contributed by atoms with Gasteiger partial charge in [0.05, 0.1) is 23.6 Å². The summed E-state index contributed by atoms with van der Waals surface area (Å²) in [7, 11) is 1.45. The number of imidazole rings is 1. The molecule has 5 rings (SSSR count). The molecule has 7 atom stereocenters. The first-order valence-corrected chi connectivity index (χ1v) is 28.1. The maximum Gasteiger partial charge on any atom is 0.261 e. The molecule has 8 amide bonds. The highest BCUT2D eigenvalue weighted by Gasteiger charge is 2.35. The number of aliphatic imine (C=N–C) groups is 1. The van der Waals surface area contributed by atoms with E-state index in [4.69, 9.17) is 17.2 Å². The Kier molecular flexibility index (Phi) is 25.2. The standard InChI is InChI=1S/C56H83N17O10/c1-7-34(4)48(65-35(5)74)53(81)67-43(11-8-9-19-57)55(83)72-23-21-71(22-24-72)38-15-18-41-40(28-38)54(82)73(32-64-41)30-47(76)66-42(12-10-20-62-56(58)59)50(78)70-46(27-37-29-61-31-63-37)52(80)69-45(26-36-13-16-39(75)17-14-36)51(79)68-44(25-33(2)3)49(77)60-6/h13-18,28-29,31-34,42-46,48,75H,7-12,19-27,30,57H2,1-6H3,(H,60,77)(H,61,63)(H,65,74)(H,66,76)(H,67,81)(H,68,79)(H,69,80)(H,70,78)(H4,58,59,62)/t34-,42-,43-,44-,45?,46-,48-/m0/s1. The van der Waals surface area contributed by atoms with Crippen molar-refractivity contribution in [2.45, 2.75) is 135 Å². The van der Waals surface area contributed by atoms with Gasteiger partial charge in [-0.25, -0.2) is 9.97 Å². The van der Waals surface area contributed by atoms with Crippen LogP contribution in [0.15, 0.2) is 71.1 Å². The van der Waals surface area contributed by atoms with Gasteiger partial charge in [0.2, 0.25) is 47.3 Å². The number of guanidine groups is 1. The molecule has 83 heavy (non-hydrogen) atoms. The van der Waals surface area contributed by atoms with Crippen LogP contribution in [0.1, 0.15) is 90.8 Å². The lowest BCUT2D eigenvalue weighted by Crippen LogP contribution is -2.59. The number of unbranched alkanes of at least 4 members (excludes halogenated alkanes) is 1. The van der Waals surface area contributed by atoms with Gasteiger partial charge in [0.25, 0.3) is 5.56 Å². The molecule has 0 radical (unpaired) electrons. The van der Waals surface area contributed by atoms with Crippen molar-refractivity contribution in [1.29, 1.82) is 0 Å². The van der Waals surface area contributed by atoms with Crippen molar-refractivity contribution in [3.8, 4) is 5.75 Å². The van der Waals surface area contributed by atoms with Gasteiger partial charge in [0, 0.05) is 77.1 Å². The van der Waals surface area contributed by atoms with Crippen LogP contribution in [0.3, 0.4) is 0 Å². The Labute approximate surface area is 482 Å². The zero-order chi connectivity index (χ0) is 60.8. The number of benzene rings is 2. The number of aromatic amines is 1. The van der Waals surface area contributed by atoms with Crippen molar-refractivity contribution in [2.75, 3.05) is 51.2 Å². The maximum atomic E-state index is 14.4. The summed E-state index contributed by atoms with van der Waals surface area (Å²) in [6, 6.07) is 4.64. The molecule has 0 bridgehead atoms. The molecule has 0 aliphatic carbocycles. The zero-order valence-electron chi connectivity index (χ0n) is 48.2. The zero-order valence-corrected chi connectivity index (χ0v) is 48.2. The Bertz CT molecular complexity index is 2920. The van der Waals surface area contributed by atoms with E-state index in [-0.39, 0.29) is 73.0 Å². The number of H-pyrrole nitrogens is 1. The van der Waals surface area contributed by atoms with Gasteiger partial charge < -0.3 is 74.3 Å². The quantitative estimate of drug-likeness (QED) is 0.0162. The number of carbonyl (C=O) groups is 8. The highest BCUT2D eigenvalue weighted by molar-refractivity contribution is 5.96. The molecule has 27 nitrogen and oxygen atoms in total. The summed E-state index contributed by atoms with van der Waals surface area (Å²) < 4.78 is 1.10. The van der Waals surface area contributed by atoms with E-state index >= 15 is 0 Å². The van der Waals surface area contributed by atoms with Gasteiger partial charge in [-0.05, 0) is 92.8 Å². The molecule has 1 aliphatic heterocycles. The van der Waals surface area contributed by atoms with Crippen molar-refractivity contribution in [3.63, 3.8) is 0 Å². The van der Waals surface area contributed by atoms with Crippen LogP contribution in [0, 0.1) is 11.8 Å². The minimum absolute atomic E-state index is 0.0124. The van der Waals surface area contributed by atoms with Crippen LogP contribution in [-0.2, 0) is 57.7 Å². The predicted molar refractivity (Wildman–Crippen MR) is 312 cm³/mol. The van der Waals surface area contributed by atoms with Gasteiger partial charge in [-0.3, -0.25) is 52.7 Å². The average Bonchev–Trinajstić information content (AvgIpc) is 4.13. The number of piperazine rings is 1. The lowest BCUT2D eigenvalue weighted by atomic mass is 9.97. The second kappa shape index (κ2) is 32.1. The maximum absolute atomic E-state index is 14.4. The number of likely N-dealkylation sites (N-methyl/N-ethyl adjacent to an activating group) is 1.